The van der Waals surface area contributed by atoms with E-state index in [1.807, 2.05) is 22.4 Å². The van der Waals surface area contributed by atoms with Gasteiger partial charge in [0.1, 0.15) is 0 Å². The Hall–Kier alpha value is -1.36. The van der Waals surface area contributed by atoms with E-state index in [0.29, 0.717) is 12.6 Å². The Labute approximate surface area is 142 Å². The van der Waals surface area contributed by atoms with E-state index in [4.69, 9.17) is 0 Å². The predicted octanol–water partition coefficient (Wildman–Crippen LogP) is 3.44. The Morgan fingerprint density at radius 3 is 2.57 bits per heavy atom. The summed E-state index contributed by atoms with van der Waals surface area (Å²) < 4.78 is 0. The van der Waals surface area contributed by atoms with Gasteiger partial charge in [-0.2, -0.15) is 0 Å². The molecule has 23 heavy (non-hydrogen) atoms. The number of nitrogens with one attached hydrogen (secondary N) is 1. The summed E-state index contributed by atoms with van der Waals surface area (Å²) in [6.45, 7) is 1.33. The quantitative estimate of drug-likeness (QED) is 0.861. The molecule has 2 heterocycles. The van der Waals surface area contributed by atoms with E-state index in [-0.39, 0.29) is 17.7 Å². The van der Waals surface area contributed by atoms with Crippen LogP contribution in [0.25, 0.3) is 0 Å². The molecular formula is C18H26N2O2S. The van der Waals surface area contributed by atoms with Gasteiger partial charge < -0.3 is 10.2 Å². The lowest BCUT2D eigenvalue weighted by Crippen LogP contribution is -2.47. The van der Waals surface area contributed by atoms with Gasteiger partial charge in [-0.25, -0.2) is 0 Å². The minimum Gasteiger partial charge on any atom is -0.353 e. The zero-order valence-corrected chi connectivity index (χ0v) is 14.4. The molecule has 1 saturated heterocycles. The average molecular weight is 334 g/mol. The van der Waals surface area contributed by atoms with Gasteiger partial charge in [-0.1, -0.05) is 31.7 Å². The average Bonchev–Trinajstić information content (AvgIpc) is 3.00. The fraction of sp³-hybridized carbons (Fsp3) is 0.667. The van der Waals surface area contributed by atoms with Crippen molar-refractivity contribution in [3.63, 3.8) is 0 Å². The molecule has 0 aromatic carbocycles. The summed E-state index contributed by atoms with van der Waals surface area (Å²) in [6.07, 6.45) is 9.05. The fourth-order valence-corrected chi connectivity index (χ4v) is 4.37. The number of amides is 2. The first-order valence-corrected chi connectivity index (χ1v) is 9.75. The van der Waals surface area contributed by atoms with Gasteiger partial charge in [-0.3, -0.25) is 9.59 Å². The lowest BCUT2D eigenvalue weighted by atomic mass is 9.96. The fourth-order valence-electron chi connectivity index (χ4n) is 3.67. The molecule has 1 saturated carbocycles. The van der Waals surface area contributed by atoms with Crippen LogP contribution in [-0.2, 0) is 4.79 Å². The molecule has 0 bridgehead atoms. The molecule has 4 nitrogen and oxygen atoms in total. The Morgan fingerprint density at radius 2 is 1.87 bits per heavy atom. The number of hydrogen-bond acceptors (Lipinski definition) is 3. The number of carbonyl (C=O) groups excluding carboxylic acids is 2. The summed E-state index contributed by atoms with van der Waals surface area (Å²) in [6, 6.07) is 4.11. The van der Waals surface area contributed by atoms with E-state index in [9.17, 15) is 9.59 Å². The van der Waals surface area contributed by atoms with E-state index in [0.717, 1.165) is 37.1 Å². The topological polar surface area (TPSA) is 49.4 Å². The first-order valence-electron chi connectivity index (χ1n) is 8.87. The van der Waals surface area contributed by atoms with Crippen LogP contribution in [0.2, 0.25) is 0 Å². The van der Waals surface area contributed by atoms with Crippen LogP contribution in [0.4, 0.5) is 0 Å². The predicted molar refractivity (Wildman–Crippen MR) is 92.6 cm³/mol. The number of likely N-dealkylation sites (tertiary alicyclic amines) is 1. The molecule has 1 aliphatic carbocycles. The molecule has 1 aliphatic heterocycles. The highest BCUT2D eigenvalue weighted by molar-refractivity contribution is 7.12. The van der Waals surface area contributed by atoms with Gasteiger partial charge in [-0.05, 0) is 37.1 Å². The van der Waals surface area contributed by atoms with Crippen LogP contribution in [0, 0.1) is 5.92 Å². The zero-order chi connectivity index (χ0) is 16.1. The smallest absolute Gasteiger partial charge is 0.263 e. The molecule has 126 valence electrons. The van der Waals surface area contributed by atoms with Crippen molar-refractivity contribution in [3.8, 4) is 0 Å². The van der Waals surface area contributed by atoms with E-state index in [1.165, 1.54) is 37.0 Å². The van der Waals surface area contributed by atoms with Crippen LogP contribution >= 0.6 is 11.3 Å². The van der Waals surface area contributed by atoms with Crippen molar-refractivity contribution in [2.45, 2.75) is 57.4 Å². The van der Waals surface area contributed by atoms with Crippen molar-refractivity contribution < 1.29 is 9.59 Å². The molecule has 1 aromatic heterocycles. The Morgan fingerprint density at radius 1 is 1.09 bits per heavy atom. The van der Waals surface area contributed by atoms with E-state index in [2.05, 4.69) is 5.32 Å². The molecule has 2 amide bonds. The summed E-state index contributed by atoms with van der Waals surface area (Å²) >= 11 is 1.47. The van der Waals surface area contributed by atoms with Crippen LogP contribution in [0.5, 0.6) is 0 Å². The maximum atomic E-state index is 12.6. The first kappa shape index (κ1) is 16.5. The third-order valence-corrected chi connectivity index (χ3v) is 5.87. The molecular weight excluding hydrogens is 308 g/mol. The van der Waals surface area contributed by atoms with Gasteiger partial charge >= 0.3 is 0 Å². The minimum atomic E-state index is -0.0454. The number of thiophene rings is 1. The normalized spacial score (nSPS) is 23.3. The summed E-state index contributed by atoms with van der Waals surface area (Å²) in [5.74, 6) is 0.184. The van der Waals surface area contributed by atoms with Crippen molar-refractivity contribution in [3.05, 3.63) is 22.4 Å². The van der Waals surface area contributed by atoms with Gasteiger partial charge in [-0.15, -0.1) is 11.3 Å². The molecule has 5 heteroatoms. The second kappa shape index (κ2) is 7.95. The van der Waals surface area contributed by atoms with Crippen molar-refractivity contribution in [2.24, 2.45) is 5.92 Å². The third-order valence-electron chi connectivity index (χ3n) is 5.01. The monoisotopic (exact) mass is 334 g/mol. The van der Waals surface area contributed by atoms with Crippen LogP contribution < -0.4 is 5.32 Å². The molecule has 1 unspecified atom stereocenters. The largest absolute Gasteiger partial charge is 0.353 e. The van der Waals surface area contributed by atoms with Crippen LogP contribution in [-0.4, -0.2) is 35.8 Å². The highest BCUT2D eigenvalue weighted by Gasteiger charge is 2.30. The van der Waals surface area contributed by atoms with Gasteiger partial charge in [0, 0.05) is 19.1 Å². The zero-order valence-electron chi connectivity index (χ0n) is 13.6. The molecule has 2 aliphatic rings. The standard InChI is InChI=1S/C18H26N2O2S/c21-17(19-15-8-3-1-2-4-9-15)14-7-5-11-20(13-14)18(22)16-10-6-12-23-16/h6,10,12,14-15H,1-5,7-9,11,13H2,(H,19,21). The number of rotatable bonds is 3. The van der Waals surface area contributed by atoms with E-state index < -0.39 is 0 Å². The highest BCUT2D eigenvalue weighted by Crippen LogP contribution is 2.22. The van der Waals surface area contributed by atoms with Crippen molar-refractivity contribution in [1.29, 1.82) is 0 Å². The Kier molecular flexibility index (Phi) is 5.70. The molecule has 0 radical (unpaired) electrons. The number of piperidine rings is 1. The third kappa shape index (κ3) is 4.34. The molecule has 0 spiro atoms. The van der Waals surface area contributed by atoms with Crippen LogP contribution in [0.15, 0.2) is 17.5 Å². The maximum Gasteiger partial charge on any atom is 0.263 e. The number of hydrogen-bond donors (Lipinski definition) is 1. The Bertz CT molecular complexity index is 521. The Balaban J connectivity index is 1.55. The molecule has 1 N–H and O–H groups in total. The molecule has 2 fully saturated rings. The first-order chi connectivity index (χ1) is 11.2. The second-order valence-corrected chi connectivity index (χ2v) is 7.71. The summed E-state index contributed by atoms with van der Waals surface area (Å²) in [4.78, 5) is 27.7. The lowest BCUT2D eigenvalue weighted by Gasteiger charge is -2.32. The molecule has 3 rings (SSSR count). The van der Waals surface area contributed by atoms with Gasteiger partial charge in [0.15, 0.2) is 0 Å². The van der Waals surface area contributed by atoms with Crippen LogP contribution in [0.1, 0.15) is 61.0 Å². The van der Waals surface area contributed by atoms with E-state index in [1.54, 1.807) is 0 Å². The van der Waals surface area contributed by atoms with Crippen LogP contribution in [0.3, 0.4) is 0 Å². The SMILES string of the molecule is O=C(NC1CCCCCC1)C1CCCN(C(=O)c2cccs2)C1. The van der Waals surface area contributed by atoms with Gasteiger partial charge in [0.05, 0.1) is 10.8 Å². The minimum absolute atomic E-state index is 0.0454. The second-order valence-electron chi connectivity index (χ2n) is 6.76. The number of nitrogens with zero attached hydrogens (tertiary/aromatic N) is 1. The van der Waals surface area contributed by atoms with Crippen molar-refractivity contribution >= 4 is 23.2 Å². The van der Waals surface area contributed by atoms with Gasteiger partial charge in [0.2, 0.25) is 5.91 Å². The van der Waals surface area contributed by atoms with Gasteiger partial charge in [0.25, 0.3) is 5.91 Å². The van der Waals surface area contributed by atoms with Crippen molar-refractivity contribution in [2.75, 3.05) is 13.1 Å². The van der Waals surface area contributed by atoms with E-state index >= 15 is 0 Å². The molecule has 1 aromatic rings. The summed E-state index contributed by atoms with van der Waals surface area (Å²) in [5, 5.41) is 5.17. The number of carbonyl (C=O) groups is 2. The molecule has 1 atom stereocenters. The summed E-state index contributed by atoms with van der Waals surface area (Å²) in [5.41, 5.74) is 0. The maximum absolute atomic E-state index is 12.6. The van der Waals surface area contributed by atoms with Crippen molar-refractivity contribution in [1.82, 2.24) is 10.2 Å². The lowest BCUT2D eigenvalue weighted by molar-refractivity contribution is -0.127. The summed E-state index contributed by atoms with van der Waals surface area (Å²) in [7, 11) is 0. The highest BCUT2D eigenvalue weighted by atomic mass is 32.1.